The van der Waals surface area contributed by atoms with E-state index >= 15 is 0 Å². The highest BCUT2D eigenvalue weighted by Gasteiger charge is 2.29. The van der Waals surface area contributed by atoms with Crippen LogP contribution in [0.4, 0.5) is 5.69 Å². The molecule has 0 radical (unpaired) electrons. The summed E-state index contributed by atoms with van der Waals surface area (Å²) in [4.78, 5) is 18.3. The highest BCUT2D eigenvalue weighted by atomic mass is 16.3. The van der Waals surface area contributed by atoms with Gasteiger partial charge in [-0.25, -0.2) is 0 Å². The van der Waals surface area contributed by atoms with Gasteiger partial charge in [0.1, 0.15) is 11.6 Å². The summed E-state index contributed by atoms with van der Waals surface area (Å²) in [7, 11) is 0. The third-order valence-corrected chi connectivity index (χ3v) is 6.74. The maximum Gasteiger partial charge on any atom is 0.258 e. The summed E-state index contributed by atoms with van der Waals surface area (Å²) in [5, 5.41) is 19.9. The lowest BCUT2D eigenvalue weighted by Crippen LogP contribution is -2.24. The van der Waals surface area contributed by atoms with Crippen LogP contribution in [-0.4, -0.2) is 21.8 Å². The summed E-state index contributed by atoms with van der Waals surface area (Å²) in [5.41, 5.74) is 13.6. The summed E-state index contributed by atoms with van der Waals surface area (Å²) in [6, 6.07) is 22.8. The Hall–Kier alpha value is -4.58. The molecule has 5 aromatic rings. The zero-order chi connectivity index (χ0) is 23.6. The van der Waals surface area contributed by atoms with Gasteiger partial charge in [0.2, 0.25) is 0 Å². The molecule has 4 aromatic carbocycles. The van der Waals surface area contributed by atoms with E-state index in [4.69, 9.17) is 11.1 Å². The predicted molar refractivity (Wildman–Crippen MR) is 136 cm³/mol. The number of fused-ring (bicyclic) bond motifs is 4. The molecule has 166 valence electrons. The minimum atomic E-state index is -0.0294. The van der Waals surface area contributed by atoms with E-state index in [1.807, 2.05) is 72.5 Å². The van der Waals surface area contributed by atoms with Crippen LogP contribution in [0.25, 0.3) is 32.9 Å². The molecule has 1 amide bonds. The molecule has 6 nitrogen and oxygen atoms in total. The largest absolute Gasteiger partial charge is 0.508 e. The maximum absolute atomic E-state index is 13.2. The molecule has 0 unspecified atom stereocenters. The molecule has 0 aliphatic carbocycles. The molecule has 2 heterocycles. The molecule has 1 aliphatic rings. The third kappa shape index (κ3) is 2.82. The molecule has 0 saturated carbocycles. The van der Waals surface area contributed by atoms with Gasteiger partial charge in [-0.15, -0.1) is 0 Å². The fourth-order valence-corrected chi connectivity index (χ4v) is 5.11. The van der Waals surface area contributed by atoms with Crippen molar-refractivity contribution < 1.29 is 9.90 Å². The number of aromatic hydroxyl groups is 1. The molecule has 34 heavy (non-hydrogen) atoms. The van der Waals surface area contributed by atoms with Crippen LogP contribution in [0.3, 0.4) is 0 Å². The van der Waals surface area contributed by atoms with E-state index in [-0.39, 0.29) is 17.5 Å². The Morgan fingerprint density at radius 3 is 2.59 bits per heavy atom. The Labute approximate surface area is 195 Å². The van der Waals surface area contributed by atoms with E-state index in [0.717, 1.165) is 55.3 Å². The Kier molecular flexibility index (Phi) is 4.26. The number of amidine groups is 1. The molecule has 6 rings (SSSR count). The number of phenols is 1. The van der Waals surface area contributed by atoms with Gasteiger partial charge in [0.15, 0.2) is 0 Å². The smallest absolute Gasteiger partial charge is 0.258 e. The topological polar surface area (TPSA) is 106 Å². The number of aromatic nitrogens is 1. The second-order valence-corrected chi connectivity index (χ2v) is 8.68. The fraction of sp³-hybridized carbons (Fsp3) is 0.0714. The van der Waals surface area contributed by atoms with E-state index in [1.165, 1.54) is 0 Å². The molecule has 0 atom stereocenters. The van der Waals surface area contributed by atoms with Crippen molar-refractivity contribution in [3.05, 3.63) is 95.1 Å². The molecule has 1 aromatic heterocycles. The van der Waals surface area contributed by atoms with Crippen LogP contribution in [-0.2, 0) is 6.54 Å². The number of H-pyrrole nitrogens is 1. The lowest BCUT2D eigenvalue weighted by atomic mass is 9.93. The molecular formula is C28H22N4O2. The van der Waals surface area contributed by atoms with Crippen molar-refractivity contribution in [1.29, 1.82) is 5.41 Å². The first-order valence-electron chi connectivity index (χ1n) is 11.1. The molecular weight excluding hydrogens is 424 g/mol. The number of nitrogens with two attached hydrogens (primary N) is 1. The first-order chi connectivity index (χ1) is 16.4. The second-order valence-electron chi connectivity index (χ2n) is 8.68. The van der Waals surface area contributed by atoms with Crippen LogP contribution in [0.1, 0.15) is 27.0 Å². The second kappa shape index (κ2) is 7.22. The zero-order valence-electron chi connectivity index (χ0n) is 18.5. The number of anilines is 1. The van der Waals surface area contributed by atoms with E-state index in [1.54, 1.807) is 12.1 Å². The lowest BCUT2D eigenvalue weighted by Gasteiger charge is -2.21. The first kappa shape index (κ1) is 20.1. The van der Waals surface area contributed by atoms with Crippen LogP contribution in [0, 0.1) is 12.3 Å². The van der Waals surface area contributed by atoms with Crippen molar-refractivity contribution in [3.8, 4) is 16.9 Å². The van der Waals surface area contributed by atoms with Crippen molar-refractivity contribution in [1.82, 2.24) is 4.98 Å². The number of aromatic amines is 1. The van der Waals surface area contributed by atoms with Crippen LogP contribution < -0.4 is 10.6 Å². The van der Waals surface area contributed by atoms with Gasteiger partial charge in [-0.3, -0.25) is 10.2 Å². The van der Waals surface area contributed by atoms with Gasteiger partial charge >= 0.3 is 0 Å². The van der Waals surface area contributed by atoms with Gasteiger partial charge in [-0.2, -0.15) is 0 Å². The quantitative estimate of drug-likeness (QED) is 0.219. The highest BCUT2D eigenvalue weighted by Crippen LogP contribution is 2.41. The van der Waals surface area contributed by atoms with Crippen molar-refractivity contribution in [3.63, 3.8) is 0 Å². The summed E-state index contributed by atoms with van der Waals surface area (Å²) < 4.78 is 0. The summed E-state index contributed by atoms with van der Waals surface area (Å²) in [6.07, 6.45) is 0. The SMILES string of the molecule is Cc1c(-c2ccc(C(=N)N)c3[nH]c4cc(O)ccc4c23)cccc1N1Cc2ccccc2C1=O. The monoisotopic (exact) mass is 446 g/mol. The van der Waals surface area contributed by atoms with Crippen molar-refractivity contribution in [2.24, 2.45) is 5.73 Å². The molecule has 0 saturated heterocycles. The number of carbonyl (C=O) groups excluding carboxylic acids is 1. The lowest BCUT2D eigenvalue weighted by molar-refractivity contribution is 0.0996. The number of nitrogen functional groups attached to an aromatic ring is 1. The van der Waals surface area contributed by atoms with E-state index in [9.17, 15) is 9.90 Å². The number of hydrogen-bond acceptors (Lipinski definition) is 3. The summed E-state index contributed by atoms with van der Waals surface area (Å²) in [6.45, 7) is 2.58. The van der Waals surface area contributed by atoms with Crippen LogP contribution >= 0.6 is 0 Å². The van der Waals surface area contributed by atoms with E-state index < -0.39 is 0 Å². The van der Waals surface area contributed by atoms with Crippen molar-refractivity contribution >= 4 is 39.2 Å². The normalized spacial score (nSPS) is 13.1. The Bertz CT molecular complexity index is 1660. The highest BCUT2D eigenvalue weighted by molar-refractivity contribution is 6.20. The molecule has 1 aliphatic heterocycles. The number of phenolic OH excluding ortho intramolecular Hbond substituents is 1. The molecule has 6 heteroatoms. The minimum Gasteiger partial charge on any atom is -0.508 e. The number of nitrogens with zero attached hydrogens (tertiary/aromatic N) is 1. The molecule has 0 bridgehead atoms. The van der Waals surface area contributed by atoms with E-state index in [2.05, 4.69) is 4.98 Å². The average Bonchev–Trinajstić information content (AvgIpc) is 3.36. The van der Waals surface area contributed by atoms with Gasteiger partial charge in [0, 0.05) is 33.7 Å². The standard InChI is InChI=1S/C28H22N4O2/c1-15-18(7-4-8-24(15)32-14-16-5-2-3-6-19(16)28(32)34)20-11-12-22(27(29)30)26-25(20)21-10-9-17(33)13-23(21)31-26/h2-13,31,33H,14H2,1H3,(H3,29,30). The summed E-state index contributed by atoms with van der Waals surface area (Å²) >= 11 is 0. The van der Waals surface area contributed by atoms with Gasteiger partial charge < -0.3 is 20.7 Å². The number of benzene rings is 4. The number of amides is 1. The first-order valence-corrected chi connectivity index (χ1v) is 11.1. The number of nitrogens with one attached hydrogen (secondary N) is 2. The number of hydrogen-bond donors (Lipinski definition) is 4. The number of carbonyl (C=O) groups is 1. The van der Waals surface area contributed by atoms with Crippen LogP contribution in [0.2, 0.25) is 0 Å². The van der Waals surface area contributed by atoms with Gasteiger partial charge in [0.05, 0.1) is 17.6 Å². The molecule has 0 spiro atoms. The Balaban J connectivity index is 1.58. The van der Waals surface area contributed by atoms with E-state index in [0.29, 0.717) is 12.1 Å². The third-order valence-electron chi connectivity index (χ3n) is 6.74. The minimum absolute atomic E-state index is 0.00972. The molecule has 0 fully saturated rings. The van der Waals surface area contributed by atoms with Crippen LogP contribution in [0.5, 0.6) is 5.75 Å². The Morgan fingerprint density at radius 2 is 1.79 bits per heavy atom. The predicted octanol–water partition coefficient (Wildman–Crippen LogP) is 5.45. The molecule has 5 N–H and O–H groups in total. The van der Waals surface area contributed by atoms with Gasteiger partial charge in [-0.1, -0.05) is 36.4 Å². The van der Waals surface area contributed by atoms with Crippen LogP contribution in [0.15, 0.2) is 72.8 Å². The van der Waals surface area contributed by atoms with Crippen molar-refractivity contribution in [2.75, 3.05) is 4.90 Å². The summed E-state index contributed by atoms with van der Waals surface area (Å²) in [5.74, 6) is 0.143. The zero-order valence-corrected chi connectivity index (χ0v) is 18.5. The Morgan fingerprint density at radius 1 is 1.00 bits per heavy atom. The van der Waals surface area contributed by atoms with Gasteiger partial charge in [-0.05, 0) is 59.5 Å². The van der Waals surface area contributed by atoms with Gasteiger partial charge in [0.25, 0.3) is 5.91 Å². The van der Waals surface area contributed by atoms with Crippen molar-refractivity contribution in [2.45, 2.75) is 13.5 Å². The average molecular weight is 447 g/mol. The maximum atomic E-state index is 13.2. The number of rotatable bonds is 3. The fourth-order valence-electron chi connectivity index (χ4n) is 5.11.